The van der Waals surface area contributed by atoms with Crippen LogP contribution in [-0.2, 0) is 5.54 Å². The number of benzene rings is 2. The number of ether oxygens (including phenoxy) is 1. The molecule has 0 aromatic heterocycles. The summed E-state index contributed by atoms with van der Waals surface area (Å²) in [4.78, 5) is 13.7. The van der Waals surface area contributed by atoms with Gasteiger partial charge in [-0.05, 0) is 37.8 Å². The molecule has 5 nitrogen and oxygen atoms in total. The molecule has 2 amide bonds. The van der Waals surface area contributed by atoms with Gasteiger partial charge >= 0.3 is 6.03 Å². The van der Waals surface area contributed by atoms with Crippen molar-refractivity contribution in [3.05, 3.63) is 59.7 Å². The monoisotopic (exact) mass is 431 g/mol. The SMILES string of the molecule is COc1ccccc1C1(N2N=C(C3CCCCC3)c3ccccc3NC2=O)CCCCC1. The molecule has 0 spiro atoms. The minimum absolute atomic E-state index is 0.143. The summed E-state index contributed by atoms with van der Waals surface area (Å²) < 4.78 is 5.78. The number of hydrogen-bond acceptors (Lipinski definition) is 3. The van der Waals surface area contributed by atoms with Crippen LogP contribution in [0.5, 0.6) is 5.75 Å². The van der Waals surface area contributed by atoms with E-state index in [0.29, 0.717) is 5.92 Å². The summed E-state index contributed by atoms with van der Waals surface area (Å²) in [5, 5.41) is 10.3. The Hall–Kier alpha value is -2.82. The molecule has 2 fully saturated rings. The largest absolute Gasteiger partial charge is 0.496 e. The topological polar surface area (TPSA) is 53.9 Å². The van der Waals surface area contributed by atoms with E-state index >= 15 is 0 Å². The van der Waals surface area contributed by atoms with Gasteiger partial charge in [-0.3, -0.25) is 0 Å². The molecule has 2 saturated carbocycles. The van der Waals surface area contributed by atoms with Crippen LogP contribution in [0, 0.1) is 5.92 Å². The second-order valence-electron chi connectivity index (χ2n) is 9.40. The van der Waals surface area contributed by atoms with Crippen molar-refractivity contribution < 1.29 is 9.53 Å². The number of hydrogen-bond donors (Lipinski definition) is 1. The van der Waals surface area contributed by atoms with E-state index in [4.69, 9.17) is 9.84 Å². The van der Waals surface area contributed by atoms with Crippen molar-refractivity contribution in [1.82, 2.24) is 5.01 Å². The number of carbonyl (C=O) groups is 1. The van der Waals surface area contributed by atoms with Crippen LogP contribution in [0.1, 0.15) is 75.3 Å². The van der Waals surface area contributed by atoms with Gasteiger partial charge < -0.3 is 10.1 Å². The van der Waals surface area contributed by atoms with Gasteiger partial charge in [0.1, 0.15) is 5.75 Å². The molecule has 1 aliphatic heterocycles. The summed E-state index contributed by atoms with van der Waals surface area (Å²) >= 11 is 0. The first kappa shape index (κ1) is 21.0. The number of nitrogens with one attached hydrogen (secondary N) is 1. The zero-order valence-corrected chi connectivity index (χ0v) is 19.0. The maximum absolute atomic E-state index is 13.7. The normalized spacial score (nSPS) is 21.2. The van der Waals surface area contributed by atoms with Gasteiger partial charge in [-0.2, -0.15) is 5.10 Å². The fourth-order valence-corrected chi connectivity index (χ4v) is 5.92. The summed E-state index contributed by atoms with van der Waals surface area (Å²) in [6.45, 7) is 0. The van der Waals surface area contributed by atoms with E-state index in [-0.39, 0.29) is 6.03 Å². The lowest BCUT2D eigenvalue weighted by molar-refractivity contribution is 0.0827. The Balaban J connectivity index is 1.68. The molecule has 1 heterocycles. The number of hydrazone groups is 1. The molecule has 0 saturated heterocycles. The highest BCUT2D eigenvalue weighted by Crippen LogP contribution is 2.47. The first-order chi connectivity index (χ1) is 15.7. The van der Waals surface area contributed by atoms with Crippen molar-refractivity contribution in [2.75, 3.05) is 12.4 Å². The van der Waals surface area contributed by atoms with Gasteiger partial charge in [-0.25, -0.2) is 9.80 Å². The predicted octanol–water partition coefficient (Wildman–Crippen LogP) is 6.69. The molecule has 5 rings (SSSR count). The van der Waals surface area contributed by atoms with Gasteiger partial charge in [0.05, 0.1) is 24.0 Å². The molecule has 0 radical (unpaired) electrons. The molecule has 2 aromatic rings. The zero-order chi connectivity index (χ0) is 22.0. The van der Waals surface area contributed by atoms with E-state index in [1.165, 1.54) is 25.7 Å². The zero-order valence-electron chi connectivity index (χ0n) is 19.0. The van der Waals surface area contributed by atoms with Gasteiger partial charge in [-0.15, -0.1) is 0 Å². The molecular weight excluding hydrogens is 398 g/mol. The number of para-hydroxylation sites is 2. The standard InChI is InChI=1S/C27H33N3O2/c1-32-24-17-9-7-15-22(24)27(18-10-3-11-19-27)30-26(31)28-23-16-8-6-14-21(23)25(29-30)20-12-4-2-5-13-20/h6-9,14-17,20H,2-5,10-13,18-19H2,1H3,(H,28,31). The van der Waals surface area contributed by atoms with Gasteiger partial charge in [0.2, 0.25) is 0 Å². The molecular formula is C27H33N3O2. The van der Waals surface area contributed by atoms with Gasteiger partial charge in [0.15, 0.2) is 0 Å². The van der Waals surface area contributed by atoms with E-state index in [2.05, 4.69) is 23.5 Å². The average Bonchev–Trinajstić information content (AvgIpc) is 3.01. The Morgan fingerprint density at radius 2 is 1.62 bits per heavy atom. The minimum atomic E-state index is -0.503. The van der Waals surface area contributed by atoms with E-state index in [0.717, 1.165) is 66.8 Å². The minimum Gasteiger partial charge on any atom is -0.496 e. The van der Waals surface area contributed by atoms with Crippen molar-refractivity contribution >= 4 is 17.4 Å². The Bertz CT molecular complexity index is 1000. The van der Waals surface area contributed by atoms with Crippen LogP contribution in [0.25, 0.3) is 0 Å². The third-order valence-electron chi connectivity index (χ3n) is 7.53. The molecule has 1 N–H and O–H groups in total. The maximum Gasteiger partial charge on any atom is 0.343 e. The molecule has 2 aromatic carbocycles. The van der Waals surface area contributed by atoms with Crippen LogP contribution in [0.4, 0.5) is 10.5 Å². The number of anilines is 1. The number of fused-ring (bicyclic) bond motifs is 1. The summed E-state index contributed by atoms with van der Waals surface area (Å²) in [5.74, 6) is 1.22. The van der Waals surface area contributed by atoms with Crippen molar-refractivity contribution in [3.8, 4) is 5.75 Å². The van der Waals surface area contributed by atoms with Gasteiger partial charge in [-0.1, -0.05) is 74.9 Å². The third-order valence-corrected chi connectivity index (χ3v) is 7.53. The van der Waals surface area contributed by atoms with E-state index in [1.54, 1.807) is 12.1 Å². The molecule has 5 heteroatoms. The molecule has 3 aliphatic rings. The van der Waals surface area contributed by atoms with Gasteiger partial charge in [0, 0.05) is 17.0 Å². The van der Waals surface area contributed by atoms with Crippen LogP contribution in [0.15, 0.2) is 53.6 Å². The Morgan fingerprint density at radius 3 is 2.41 bits per heavy atom. The van der Waals surface area contributed by atoms with Crippen LogP contribution in [0.3, 0.4) is 0 Å². The molecule has 32 heavy (non-hydrogen) atoms. The molecule has 0 atom stereocenters. The molecule has 0 bridgehead atoms. The second kappa shape index (κ2) is 8.97. The maximum atomic E-state index is 13.7. The number of carbonyl (C=O) groups excluding carboxylic acids is 1. The lowest BCUT2D eigenvalue weighted by Crippen LogP contribution is -2.49. The van der Waals surface area contributed by atoms with Crippen LogP contribution < -0.4 is 10.1 Å². The first-order valence-corrected chi connectivity index (χ1v) is 12.2. The number of urea groups is 1. The summed E-state index contributed by atoms with van der Waals surface area (Å²) in [5.41, 5.74) is 3.57. The molecule has 2 aliphatic carbocycles. The quantitative estimate of drug-likeness (QED) is 0.586. The summed E-state index contributed by atoms with van der Waals surface area (Å²) in [7, 11) is 1.71. The second-order valence-corrected chi connectivity index (χ2v) is 9.40. The Labute approximate surface area is 190 Å². The van der Waals surface area contributed by atoms with Crippen LogP contribution in [-0.4, -0.2) is 23.9 Å². The van der Waals surface area contributed by atoms with E-state index in [9.17, 15) is 4.79 Å². The highest BCUT2D eigenvalue weighted by molar-refractivity contribution is 6.11. The van der Waals surface area contributed by atoms with Crippen molar-refractivity contribution in [3.63, 3.8) is 0 Å². The number of methoxy groups -OCH3 is 1. The van der Waals surface area contributed by atoms with E-state index < -0.39 is 5.54 Å². The third kappa shape index (κ3) is 3.68. The Morgan fingerprint density at radius 1 is 0.938 bits per heavy atom. The molecule has 168 valence electrons. The highest BCUT2D eigenvalue weighted by atomic mass is 16.5. The fourth-order valence-electron chi connectivity index (χ4n) is 5.92. The van der Waals surface area contributed by atoms with Crippen molar-refractivity contribution in [2.24, 2.45) is 11.0 Å². The van der Waals surface area contributed by atoms with Crippen LogP contribution >= 0.6 is 0 Å². The number of amides is 2. The summed E-state index contributed by atoms with van der Waals surface area (Å²) in [6.07, 6.45) is 11.1. The smallest absolute Gasteiger partial charge is 0.343 e. The lowest BCUT2D eigenvalue weighted by atomic mass is 9.75. The number of rotatable bonds is 4. The average molecular weight is 432 g/mol. The fraction of sp³-hybridized carbons (Fsp3) is 0.481. The van der Waals surface area contributed by atoms with Gasteiger partial charge in [0.25, 0.3) is 0 Å². The van der Waals surface area contributed by atoms with Crippen molar-refractivity contribution in [1.29, 1.82) is 0 Å². The van der Waals surface area contributed by atoms with Crippen LogP contribution in [0.2, 0.25) is 0 Å². The number of nitrogens with zero attached hydrogens (tertiary/aromatic N) is 2. The van der Waals surface area contributed by atoms with Crippen molar-refractivity contribution in [2.45, 2.75) is 69.7 Å². The highest BCUT2D eigenvalue weighted by Gasteiger charge is 2.46. The predicted molar refractivity (Wildman–Crippen MR) is 128 cm³/mol. The molecule has 0 unspecified atom stereocenters. The van der Waals surface area contributed by atoms with E-state index in [1.807, 2.05) is 30.3 Å². The first-order valence-electron chi connectivity index (χ1n) is 12.2. The lowest BCUT2D eigenvalue weighted by Gasteiger charge is -2.44. The Kier molecular flexibility index (Phi) is 5.90. The summed E-state index contributed by atoms with van der Waals surface area (Å²) in [6, 6.07) is 16.2.